The third kappa shape index (κ3) is 2.95. The molecule has 1 aromatic heterocycles. The van der Waals surface area contributed by atoms with Gasteiger partial charge in [0.1, 0.15) is 6.33 Å². The molecule has 5 heteroatoms. The van der Waals surface area contributed by atoms with E-state index in [9.17, 15) is 0 Å². The Bertz CT molecular complexity index is 291. The molecule has 0 unspecified atom stereocenters. The minimum absolute atomic E-state index is 0. The van der Waals surface area contributed by atoms with Gasteiger partial charge in [0.15, 0.2) is 0 Å². The molecule has 0 atom stereocenters. The van der Waals surface area contributed by atoms with Crippen LogP contribution in [0.15, 0.2) is 36.8 Å². The zero-order valence-electron chi connectivity index (χ0n) is 6.77. The number of nitrogens with zero attached hydrogens (tertiary/aromatic N) is 2. The average Bonchev–Trinajstić information content (AvgIpc) is 2.05. The molecule has 4 N–H and O–H groups in total. The molecule has 0 saturated carbocycles. The average molecular weight is 203 g/mol. The summed E-state index contributed by atoms with van der Waals surface area (Å²) in [5.74, 6) is 0. The lowest BCUT2D eigenvalue weighted by Gasteiger charge is -1.90. The second kappa shape index (κ2) is 6.30. The molecule has 0 aliphatic carbocycles. The highest BCUT2D eigenvalue weighted by Gasteiger charge is 1.87. The topological polar surface area (TPSA) is 88.8 Å². The van der Waals surface area contributed by atoms with E-state index in [1.54, 1.807) is 6.33 Å². The van der Waals surface area contributed by atoms with Gasteiger partial charge in [-0.25, -0.2) is 9.97 Å². The smallest absolute Gasteiger partial charge is 0.116 e. The van der Waals surface area contributed by atoms with Crippen LogP contribution in [-0.2, 0) is 0 Å². The molecule has 1 aromatic carbocycles. The normalized spacial score (nSPS) is 7.69. The van der Waals surface area contributed by atoms with Crippen molar-refractivity contribution in [3.8, 4) is 0 Å². The number of halogens is 1. The molecule has 0 aliphatic rings. The largest absolute Gasteiger partial charge is 0.412 e. The van der Waals surface area contributed by atoms with E-state index in [-0.39, 0.29) is 23.4 Å². The predicted molar refractivity (Wildman–Crippen MR) is 54.0 cm³/mol. The van der Waals surface area contributed by atoms with Crippen molar-refractivity contribution in [1.29, 1.82) is 0 Å². The first-order chi connectivity index (χ1) is 4.97. The van der Waals surface area contributed by atoms with E-state index in [2.05, 4.69) is 9.97 Å². The van der Waals surface area contributed by atoms with Crippen LogP contribution in [0.4, 0.5) is 0 Å². The van der Waals surface area contributed by atoms with Crippen LogP contribution in [0, 0.1) is 0 Å². The zero-order valence-corrected chi connectivity index (χ0v) is 7.58. The summed E-state index contributed by atoms with van der Waals surface area (Å²) in [6, 6.07) is 7.91. The molecule has 0 saturated heterocycles. The summed E-state index contributed by atoms with van der Waals surface area (Å²) < 4.78 is 0. The Morgan fingerprint density at radius 3 is 2.38 bits per heavy atom. The molecule has 13 heavy (non-hydrogen) atoms. The third-order valence-electron chi connectivity index (χ3n) is 1.41. The molecule has 0 bridgehead atoms. The lowest BCUT2D eigenvalue weighted by atomic mass is 10.2. The van der Waals surface area contributed by atoms with Crippen molar-refractivity contribution < 1.29 is 11.0 Å². The van der Waals surface area contributed by atoms with Crippen molar-refractivity contribution in [2.75, 3.05) is 0 Å². The van der Waals surface area contributed by atoms with Gasteiger partial charge in [0, 0.05) is 11.6 Å². The highest BCUT2D eigenvalue weighted by atomic mass is 35.5. The summed E-state index contributed by atoms with van der Waals surface area (Å²) in [5.41, 5.74) is 0.998. The molecule has 2 aromatic rings. The first kappa shape index (κ1) is 14.3. The summed E-state index contributed by atoms with van der Waals surface area (Å²) in [5, 5.41) is 1.09. The highest BCUT2D eigenvalue weighted by Crippen LogP contribution is 2.06. The Labute approximate surface area is 81.7 Å². The molecule has 0 spiro atoms. The number of fused-ring (bicyclic) bond motifs is 1. The highest BCUT2D eigenvalue weighted by molar-refractivity contribution is 5.85. The Kier molecular flexibility index (Phi) is 6.94. The van der Waals surface area contributed by atoms with E-state index >= 15 is 0 Å². The van der Waals surface area contributed by atoms with Gasteiger partial charge in [-0.2, -0.15) is 0 Å². The van der Waals surface area contributed by atoms with Crippen molar-refractivity contribution in [2.45, 2.75) is 0 Å². The van der Waals surface area contributed by atoms with Crippen LogP contribution >= 0.6 is 12.4 Å². The standard InChI is InChI=1S/C8H6N2.ClH.2H2O/c1-2-4-8-7(3-1)5-9-6-10-8;;;/h1-6H;1H;2*1H2. The first-order valence-electron chi connectivity index (χ1n) is 3.11. The Morgan fingerprint density at radius 2 is 1.69 bits per heavy atom. The minimum atomic E-state index is 0. The number of aromatic nitrogens is 2. The monoisotopic (exact) mass is 202 g/mol. The fourth-order valence-corrected chi connectivity index (χ4v) is 0.923. The van der Waals surface area contributed by atoms with E-state index in [4.69, 9.17) is 0 Å². The summed E-state index contributed by atoms with van der Waals surface area (Å²) in [4.78, 5) is 7.97. The zero-order chi connectivity index (χ0) is 6.81. The van der Waals surface area contributed by atoms with Crippen LogP contribution in [0.2, 0.25) is 0 Å². The fourth-order valence-electron chi connectivity index (χ4n) is 0.923. The number of benzene rings is 1. The minimum Gasteiger partial charge on any atom is -0.412 e. The molecule has 0 amide bonds. The second-order valence-corrected chi connectivity index (χ2v) is 2.08. The molecule has 1 heterocycles. The van der Waals surface area contributed by atoms with Crippen molar-refractivity contribution in [2.24, 2.45) is 0 Å². The van der Waals surface area contributed by atoms with Crippen LogP contribution in [-0.4, -0.2) is 20.9 Å². The van der Waals surface area contributed by atoms with Gasteiger partial charge in [-0.05, 0) is 6.07 Å². The molecule has 2 rings (SSSR count). The number of hydrogen-bond acceptors (Lipinski definition) is 2. The maximum Gasteiger partial charge on any atom is 0.116 e. The van der Waals surface area contributed by atoms with E-state index in [1.165, 1.54) is 0 Å². The molecule has 0 aliphatic heterocycles. The lowest BCUT2D eigenvalue weighted by molar-refractivity contribution is 0.823. The molecular weight excluding hydrogens is 192 g/mol. The van der Waals surface area contributed by atoms with Crippen LogP contribution < -0.4 is 0 Å². The second-order valence-electron chi connectivity index (χ2n) is 2.08. The van der Waals surface area contributed by atoms with Gasteiger partial charge in [-0.1, -0.05) is 18.2 Å². The van der Waals surface area contributed by atoms with Crippen LogP contribution in [0.3, 0.4) is 0 Å². The maximum atomic E-state index is 4.07. The molecule has 0 radical (unpaired) electrons. The van der Waals surface area contributed by atoms with Gasteiger partial charge in [0.05, 0.1) is 5.52 Å². The Hall–Kier alpha value is -1.23. The fraction of sp³-hybridized carbons (Fsp3) is 0. The SMILES string of the molecule is Cl.O.O.c1ccc2ncncc2c1. The van der Waals surface area contributed by atoms with Gasteiger partial charge < -0.3 is 11.0 Å². The quantitative estimate of drug-likeness (QED) is 0.619. The van der Waals surface area contributed by atoms with Crippen molar-refractivity contribution >= 4 is 23.3 Å². The van der Waals surface area contributed by atoms with E-state index < -0.39 is 0 Å². The summed E-state index contributed by atoms with van der Waals surface area (Å²) >= 11 is 0. The molecule has 72 valence electrons. The number of hydrogen-bond donors (Lipinski definition) is 0. The molecule has 4 nitrogen and oxygen atoms in total. The van der Waals surface area contributed by atoms with Gasteiger partial charge >= 0.3 is 0 Å². The van der Waals surface area contributed by atoms with E-state index in [0.717, 1.165) is 10.9 Å². The van der Waals surface area contributed by atoms with Gasteiger partial charge in [0.25, 0.3) is 0 Å². The summed E-state index contributed by atoms with van der Waals surface area (Å²) in [6.45, 7) is 0. The number of rotatable bonds is 0. The summed E-state index contributed by atoms with van der Waals surface area (Å²) in [7, 11) is 0. The van der Waals surface area contributed by atoms with E-state index in [1.807, 2.05) is 30.5 Å². The maximum absolute atomic E-state index is 4.07. The molecular formula is C8H11ClN2O2. The van der Waals surface area contributed by atoms with Crippen molar-refractivity contribution in [1.82, 2.24) is 9.97 Å². The van der Waals surface area contributed by atoms with Crippen LogP contribution in [0.5, 0.6) is 0 Å². The van der Waals surface area contributed by atoms with Gasteiger partial charge in [0.2, 0.25) is 0 Å². The predicted octanol–water partition coefficient (Wildman–Crippen LogP) is 0.402. The Balaban J connectivity index is 0. The number of para-hydroxylation sites is 1. The van der Waals surface area contributed by atoms with Crippen LogP contribution in [0.1, 0.15) is 0 Å². The van der Waals surface area contributed by atoms with Crippen molar-refractivity contribution in [3.63, 3.8) is 0 Å². The third-order valence-corrected chi connectivity index (χ3v) is 1.41. The lowest BCUT2D eigenvalue weighted by Crippen LogP contribution is -1.77. The molecule has 0 fully saturated rings. The Morgan fingerprint density at radius 1 is 1.00 bits per heavy atom. The van der Waals surface area contributed by atoms with Crippen molar-refractivity contribution in [3.05, 3.63) is 36.8 Å². The van der Waals surface area contributed by atoms with E-state index in [0.29, 0.717) is 0 Å². The first-order valence-corrected chi connectivity index (χ1v) is 3.11. The summed E-state index contributed by atoms with van der Waals surface area (Å²) in [6.07, 6.45) is 3.37. The van der Waals surface area contributed by atoms with Gasteiger partial charge in [-0.3, -0.25) is 0 Å². The van der Waals surface area contributed by atoms with Crippen LogP contribution in [0.25, 0.3) is 10.9 Å². The van der Waals surface area contributed by atoms with Gasteiger partial charge in [-0.15, -0.1) is 12.4 Å².